The Morgan fingerprint density at radius 1 is 1.29 bits per heavy atom. The fraction of sp³-hybridized carbons (Fsp3) is 1.00. The minimum absolute atomic E-state index is 0.750. The lowest BCUT2D eigenvalue weighted by Gasteiger charge is -2.34. The molecular weight excluding hydrogens is 208 g/mol. The van der Waals surface area contributed by atoms with E-state index in [9.17, 15) is 0 Å². The molecular formula is C15H32N2. The van der Waals surface area contributed by atoms with E-state index in [4.69, 9.17) is 0 Å². The van der Waals surface area contributed by atoms with Crippen LogP contribution in [-0.2, 0) is 0 Å². The summed E-state index contributed by atoms with van der Waals surface area (Å²) in [6.45, 7) is 7.09. The van der Waals surface area contributed by atoms with Crippen molar-refractivity contribution < 1.29 is 0 Å². The minimum atomic E-state index is 0.750. The zero-order valence-electron chi connectivity index (χ0n) is 12.3. The Labute approximate surface area is 108 Å². The second kappa shape index (κ2) is 8.10. The smallest absolute Gasteiger partial charge is 0.0108 e. The largest absolute Gasteiger partial charge is 0.314 e. The maximum atomic E-state index is 3.79. The van der Waals surface area contributed by atoms with Crippen molar-refractivity contribution in [3.8, 4) is 0 Å². The van der Waals surface area contributed by atoms with Gasteiger partial charge in [-0.3, -0.25) is 0 Å². The van der Waals surface area contributed by atoms with Gasteiger partial charge in [0.05, 0.1) is 0 Å². The van der Waals surface area contributed by atoms with Gasteiger partial charge in [0.2, 0.25) is 0 Å². The summed E-state index contributed by atoms with van der Waals surface area (Å²) in [5.41, 5.74) is 0. The van der Waals surface area contributed by atoms with E-state index in [1.807, 2.05) is 0 Å². The molecule has 0 heterocycles. The third kappa shape index (κ3) is 5.87. The fourth-order valence-electron chi connectivity index (χ4n) is 3.08. The highest BCUT2D eigenvalue weighted by molar-refractivity contribution is 4.82. The van der Waals surface area contributed by atoms with E-state index in [1.165, 1.54) is 51.6 Å². The molecule has 3 unspecified atom stereocenters. The molecule has 1 rings (SSSR count). The Morgan fingerprint density at radius 3 is 2.65 bits per heavy atom. The summed E-state index contributed by atoms with van der Waals surface area (Å²) in [5, 5.41) is 3.79. The summed E-state index contributed by atoms with van der Waals surface area (Å²) in [6, 6.07) is 0.750. The molecule has 3 atom stereocenters. The van der Waals surface area contributed by atoms with Gasteiger partial charge in [0, 0.05) is 6.04 Å². The van der Waals surface area contributed by atoms with Crippen molar-refractivity contribution in [3.63, 3.8) is 0 Å². The number of rotatable bonds is 7. The molecule has 0 radical (unpaired) electrons. The van der Waals surface area contributed by atoms with E-state index < -0.39 is 0 Å². The van der Waals surface area contributed by atoms with Crippen LogP contribution in [0.2, 0.25) is 0 Å². The highest BCUT2D eigenvalue weighted by Gasteiger charge is 2.25. The third-order valence-electron chi connectivity index (χ3n) is 4.09. The van der Waals surface area contributed by atoms with Gasteiger partial charge < -0.3 is 10.2 Å². The maximum absolute atomic E-state index is 3.79. The van der Waals surface area contributed by atoms with Gasteiger partial charge >= 0.3 is 0 Å². The maximum Gasteiger partial charge on any atom is 0.0108 e. The van der Waals surface area contributed by atoms with Gasteiger partial charge in [-0.1, -0.05) is 26.7 Å². The third-order valence-corrected chi connectivity index (χ3v) is 4.09. The first kappa shape index (κ1) is 15.0. The van der Waals surface area contributed by atoms with Crippen LogP contribution in [0.25, 0.3) is 0 Å². The molecule has 1 N–H and O–H groups in total. The number of nitrogens with zero attached hydrogens (tertiary/aromatic N) is 1. The van der Waals surface area contributed by atoms with E-state index in [0.29, 0.717) is 0 Å². The molecule has 1 aliphatic carbocycles. The van der Waals surface area contributed by atoms with E-state index >= 15 is 0 Å². The second-order valence-corrected chi connectivity index (χ2v) is 6.18. The molecule has 0 amide bonds. The molecule has 2 nitrogen and oxygen atoms in total. The number of hydrogen-bond donors (Lipinski definition) is 1. The SMILES string of the molecule is CCCNC(CCN(C)C)C1CCCC(C)C1. The van der Waals surface area contributed by atoms with Crippen LogP contribution in [0, 0.1) is 11.8 Å². The summed E-state index contributed by atoms with van der Waals surface area (Å²) in [4.78, 5) is 2.31. The van der Waals surface area contributed by atoms with Crippen molar-refractivity contribution >= 4 is 0 Å². The zero-order valence-corrected chi connectivity index (χ0v) is 12.3. The summed E-state index contributed by atoms with van der Waals surface area (Å²) in [6.07, 6.45) is 8.34. The molecule has 0 aromatic carbocycles. The van der Waals surface area contributed by atoms with Crippen molar-refractivity contribution in [2.75, 3.05) is 27.2 Å². The van der Waals surface area contributed by atoms with Crippen LogP contribution in [0.1, 0.15) is 52.4 Å². The summed E-state index contributed by atoms with van der Waals surface area (Å²) in [5.74, 6) is 1.87. The Kier molecular flexibility index (Phi) is 7.14. The predicted octanol–water partition coefficient (Wildman–Crippen LogP) is 3.13. The molecule has 2 heteroatoms. The van der Waals surface area contributed by atoms with Crippen molar-refractivity contribution in [2.45, 2.75) is 58.4 Å². The molecule has 17 heavy (non-hydrogen) atoms. The van der Waals surface area contributed by atoms with Gasteiger partial charge in [0.1, 0.15) is 0 Å². The van der Waals surface area contributed by atoms with Crippen LogP contribution >= 0.6 is 0 Å². The van der Waals surface area contributed by atoms with Crippen LogP contribution in [0.15, 0.2) is 0 Å². The lowest BCUT2D eigenvalue weighted by Crippen LogP contribution is -2.40. The van der Waals surface area contributed by atoms with E-state index in [2.05, 4.69) is 38.2 Å². The predicted molar refractivity (Wildman–Crippen MR) is 76.4 cm³/mol. The van der Waals surface area contributed by atoms with Crippen molar-refractivity contribution in [2.24, 2.45) is 11.8 Å². The first-order valence-electron chi connectivity index (χ1n) is 7.51. The molecule has 1 saturated carbocycles. The van der Waals surface area contributed by atoms with E-state index in [0.717, 1.165) is 17.9 Å². The molecule has 0 aromatic heterocycles. The Balaban J connectivity index is 2.42. The normalized spacial score (nSPS) is 27.4. The Morgan fingerprint density at radius 2 is 2.06 bits per heavy atom. The summed E-state index contributed by atoms with van der Waals surface area (Å²) >= 11 is 0. The van der Waals surface area contributed by atoms with Gasteiger partial charge in [0.25, 0.3) is 0 Å². The van der Waals surface area contributed by atoms with Crippen molar-refractivity contribution in [1.29, 1.82) is 0 Å². The molecule has 0 aliphatic heterocycles. The van der Waals surface area contributed by atoms with Gasteiger partial charge in [-0.2, -0.15) is 0 Å². The molecule has 1 fully saturated rings. The van der Waals surface area contributed by atoms with Gasteiger partial charge in [-0.05, 0) is 64.7 Å². The first-order valence-corrected chi connectivity index (χ1v) is 7.51. The second-order valence-electron chi connectivity index (χ2n) is 6.18. The summed E-state index contributed by atoms with van der Waals surface area (Å²) < 4.78 is 0. The Hall–Kier alpha value is -0.0800. The van der Waals surface area contributed by atoms with Crippen LogP contribution in [-0.4, -0.2) is 38.1 Å². The molecule has 0 bridgehead atoms. The van der Waals surface area contributed by atoms with Crippen LogP contribution in [0.4, 0.5) is 0 Å². The monoisotopic (exact) mass is 240 g/mol. The topological polar surface area (TPSA) is 15.3 Å². The quantitative estimate of drug-likeness (QED) is 0.735. The number of nitrogens with one attached hydrogen (secondary N) is 1. The van der Waals surface area contributed by atoms with E-state index in [-0.39, 0.29) is 0 Å². The fourth-order valence-corrected chi connectivity index (χ4v) is 3.08. The first-order chi connectivity index (χ1) is 8.13. The van der Waals surface area contributed by atoms with Gasteiger partial charge in [-0.15, -0.1) is 0 Å². The average molecular weight is 240 g/mol. The molecule has 0 aromatic rings. The molecule has 0 saturated heterocycles. The standard InChI is InChI=1S/C15H32N2/c1-5-10-16-15(9-11-17(3)4)14-8-6-7-13(2)12-14/h13-16H,5-12H2,1-4H3. The molecule has 0 spiro atoms. The van der Waals surface area contributed by atoms with Gasteiger partial charge in [0.15, 0.2) is 0 Å². The minimum Gasteiger partial charge on any atom is -0.314 e. The highest BCUT2D eigenvalue weighted by Crippen LogP contribution is 2.31. The Bertz CT molecular complexity index is 191. The summed E-state index contributed by atoms with van der Waals surface area (Å²) in [7, 11) is 4.36. The lowest BCUT2D eigenvalue weighted by molar-refractivity contribution is 0.204. The lowest BCUT2D eigenvalue weighted by atomic mass is 9.77. The van der Waals surface area contributed by atoms with Crippen LogP contribution in [0.3, 0.4) is 0 Å². The van der Waals surface area contributed by atoms with Crippen LogP contribution < -0.4 is 5.32 Å². The van der Waals surface area contributed by atoms with Crippen LogP contribution in [0.5, 0.6) is 0 Å². The van der Waals surface area contributed by atoms with Crippen molar-refractivity contribution in [1.82, 2.24) is 10.2 Å². The van der Waals surface area contributed by atoms with Crippen molar-refractivity contribution in [3.05, 3.63) is 0 Å². The van der Waals surface area contributed by atoms with E-state index in [1.54, 1.807) is 0 Å². The average Bonchev–Trinajstić information content (AvgIpc) is 2.29. The zero-order chi connectivity index (χ0) is 12.7. The highest BCUT2D eigenvalue weighted by atomic mass is 15.1. The molecule has 102 valence electrons. The van der Waals surface area contributed by atoms with Gasteiger partial charge in [-0.25, -0.2) is 0 Å². The molecule has 1 aliphatic rings. The number of hydrogen-bond acceptors (Lipinski definition) is 2.